The predicted octanol–water partition coefficient (Wildman–Crippen LogP) is -1.19. The molecule has 4 N–H and O–H groups in total. The van der Waals surface area contributed by atoms with E-state index in [4.69, 9.17) is 5.73 Å². The first-order valence-corrected chi connectivity index (χ1v) is 6.85. The van der Waals surface area contributed by atoms with Gasteiger partial charge in [0.25, 0.3) is 0 Å². The molecule has 1 aromatic rings. The number of likely N-dealkylation sites (N-methyl/N-ethyl adjacent to an activating group) is 1. The number of nitrogen functional groups attached to an aromatic ring is 1. The normalized spacial score (nSPS) is 13.3. The van der Waals surface area contributed by atoms with Crippen LogP contribution in [0.15, 0.2) is 11.1 Å². The molecule has 1 rings (SSSR count). The van der Waals surface area contributed by atoms with Crippen molar-refractivity contribution in [2.45, 2.75) is 24.8 Å². The quantitative estimate of drug-likeness (QED) is 0.624. The van der Waals surface area contributed by atoms with Crippen molar-refractivity contribution in [1.29, 1.82) is 0 Å². The summed E-state index contributed by atoms with van der Waals surface area (Å²) in [4.78, 5) is 11.3. The number of hydrogen-bond donors (Lipinski definition) is 3. The maximum Gasteiger partial charge on any atom is 0.246 e. The molecule has 1 atom stereocenters. The molecule has 1 unspecified atom stereocenters. The number of aromatic nitrogens is 2. The fourth-order valence-corrected chi connectivity index (χ4v) is 2.67. The number of rotatable bonds is 5. The molecule has 18 heavy (non-hydrogen) atoms. The molecular formula is C9H17N5O3S. The highest BCUT2D eigenvalue weighted by Gasteiger charge is 2.25. The largest absolute Gasteiger partial charge is 0.381 e. The van der Waals surface area contributed by atoms with Gasteiger partial charge in [0.1, 0.15) is 4.90 Å². The van der Waals surface area contributed by atoms with Crippen LogP contribution in [-0.4, -0.2) is 36.7 Å². The average Bonchev–Trinajstić information content (AvgIpc) is 2.58. The minimum atomic E-state index is -3.85. The van der Waals surface area contributed by atoms with Gasteiger partial charge in [0, 0.05) is 19.8 Å². The van der Waals surface area contributed by atoms with Crippen LogP contribution in [0.25, 0.3) is 0 Å². The fourth-order valence-electron chi connectivity index (χ4n) is 1.37. The van der Waals surface area contributed by atoms with Gasteiger partial charge in [0.15, 0.2) is 5.82 Å². The molecule has 0 fully saturated rings. The summed E-state index contributed by atoms with van der Waals surface area (Å²) >= 11 is 0. The molecule has 1 amide bonds. The predicted molar refractivity (Wildman–Crippen MR) is 66.1 cm³/mol. The lowest BCUT2D eigenvalue weighted by Gasteiger charge is -2.12. The number of amides is 1. The summed E-state index contributed by atoms with van der Waals surface area (Å²) in [5.41, 5.74) is 5.49. The van der Waals surface area contributed by atoms with Gasteiger partial charge in [-0.1, -0.05) is 0 Å². The molecule has 0 spiro atoms. The minimum absolute atomic E-state index is 0.104. The number of anilines is 1. The molecule has 0 aliphatic carbocycles. The summed E-state index contributed by atoms with van der Waals surface area (Å²) < 4.78 is 27.5. The zero-order chi connectivity index (χ0) is 13.9. The summed E-state index contributed by atoms with van der Waals surface area (Å²) in [6.45, 7) is 3.63. The molecule has 1 aromatic heterocycles. The van der Waals surface area contributed by atoms with Crippen LogP contribution in [0.1, 0.15) is 13.8 Å². The second kappa shape index (κ2) is 5.36. The van der Waals surface area contributed by atoms with Crippen LogP contribution in [0.3, 0.4) is 0 Å². The van der Waals surface area contributed by atoms with Crippen molar-refractivity contribution in [2.75, 3.05) is 12.3 Å². The maximum atomic E-state index is 12.0. The van der Waals surface area contributed by atoms with Crippen molar-refractivity contribution in [2.24, 2.45) is 7.05 Å². The van der Waals surface area contributed by atoms with Crippen molar-refractivity contribution < 1.29 is 13.2 Å². The summed E-state index contributed by atoms with van der Waals surface area (Å²) in [5, 5.41) is 6.26. The van der Waals surface area contributed by atoms with Crippen molar-refractivity contribution >= 4 is 21.7 Å². The van der Waals surface area contributed by atoms with Crippen LogP contribution in [0.4, 0.5) is 5.82 Å². The van der Waals surface area contributed by atoms with Gasteiger partial charge in [-0.25, -0.2) is 8.42 Å². The number of carbonyl (C=O) groups excluding carboxylic acids is 1. The molecule has 9 heteroatoms. The second-order valence-corrected chi connectivity index (χ2v) is 5.47. The Morgan fingerprint density at radius 2 is 2.22 bits per heavy atom. The summed E-state index contributed by atoms with van der Waals surface area (Å²) in [6.07, 6.45) is 1.28. The lowest BCUT2D eigenvalue weighted by Crippen LogP contribution is -2.44. The standard InChI is InChI=1S/C9H17N5O3S/c1-4-11-9(15)6(2)13-18(16,17)7-5-14(3)12-8(7)10/h5-6,13H,4H2,1-3H3,(H2,10,12)(H,11,15). The van der Waals surface area contributed by atoms with Gasteiger partial charge >= 0.3 is 0 Å². The van der Waals surface area contributed by atoms with E-state index in [1.807, 2.05) is 0 Å². The Balaban J connectivity index is 2.89. The Morgan fingerprint density at radius 1 is 1.61 bits per heavy atom. The molecule has 8 nitrogen and oxygen atoms in total. The van der Waals surface area contributed by atoms with Crippen LogP contribution in [-0.2, 0) is 21.9 Å². The Morgan fingerprint density at radius 3 is 2.67 bits per heavy atom. The van der Waals surface area contributed by atoms with Crippen LogP contribution in [0, 0.1) is 0 Å². The van der Waals surface area contributed by atoms with Crippen LogP contribution < -0.4 is 15.8 Å². The monoisotopic (exact) mass is 275 g/mol. The second-order valence-electron chi connectivity index (χ2n) is 3.79. The molecule has 0 aliphatic rings. The van der Waals surface area contributed by atoms with Crippen LogP contribution in [0.2, 0.25) is 0 Å². The molecule has 0 aromatic carbocycles. The summed E-state index contributed by atoms with van der Waals surface area (Å²) in [7, 11) is -2.29. The number of nitrogens with two attached hydrogens (primary N) is 1. The molecule has 0 saturated heterocycles. The third-order valence-corrected chi connectivity index (χ3v) is 3.75. The van der Waals surface area contributed by atoms with Gasteiger partial charge in [0.05, 0.1) is 6.04 Å². The van der Waals surface area contributed by atoms with E-state index in [1.54, 1.807) is 14.0 Å². The van der Waals surface area contributed by atoms with E-state index in [2.05, 4.69) is 15.1 Å². The van der Waals surface area contributed by atoms with Gasteiger partial charge in [-0.2, -0.15) is 9.82 Å². The third kappa shape index (κ3) is 3.20. The van der Waals surface area contributed by atoms with E-state index >= 15 is 0 Å². The Hall–Kier alpha value is -1.61. The van der Waals surface area contributed by atoms with Crippen molar-refractivity contribution in [3.05, 3.63) is 6.20 Å². The van der Waals surface area contributed by atoms with Crippen molar-refractivity contribution in [1.82, 2.24) is 19.8 Å². The minimum Gasteiger partial charge on any atom is -0.381 e. The molecule has 0 aliphatic heterocycles. The molecule has 102 valence electrons. The Labute approximate surface area is 106 Å². The van der Waals surface area contributed by atoms with E-state index in [0.29, 0.717) is 6.54 Å². The third-order valence-electron chi connectivity index (χ3n) is 2.19. The smallest absolute Gasteiger partial charge is 0.246 e. The molecule has 1 heterocycles. The average molecular weight is 275 g/mol. The number of nitrogens with zero attached hydrogens (tertiary/aromatic N) is 2. The molecule has 0 radical (unpaired) electrons. The Bertz CT molecular complexity index is 536. The van der Waals surface area contributed by atoms with E-state index in [-0.39, 0.29) is 10.7 Å². The summed E-state index contributed by atoms with van der Waals surface area (Å²) in [5.74, 6) is -0.503. The van der Waals surface area contributed by atoms with Gasteiger partial charge in [-0.15, -0.1) is 0 Å². The first-order valence-electron chi connectivity index (χ1n) is 5.37. The number of hydrogen-bond acceptors (Lipinski definition) is 5. The topological polar surface area (TPSA) is 119 Å². The SMILES string of the molecule is CCNC(=O)C(C)NS(=O)(=O)c1cn(C)nc1N. The van der Waals surface area contributed by atoms with Crippen LogP contribution in [0.5, 0.6) is 0 Å². The zero-order valence-corrected chi connectivity index (χ0v) is 11.3. The highest BCUT2D eigenvalue weighted by Crippen LogP contribution is 2.15. The first-order chi connectivity index (χ1) is 8.27. The number of aryl methyl sites for hydroxylation is 1. The molecule has 0 bridgehead atoms. The highest BCUT2D eigenvalue weighted by molar-refractivity contribution is 7.89. The van der Waals surface area contributed by atoms with E-state index in [1.165, 1.54) is 17.8 Å². The van der Waals surface area contributed by atoms with Crippen LogP contribution >= 0.6 is 0 Å². The van der Waals surface area contributed by atoms with Gasteiger partial charge < -0.3 is 11.1 Å². The van der Waals surface area contributed by atoms with Crippen molar-refractivity contribution in [3.8, 4) is 0 Å². The number of nitrogens with one attached hydrogen (secondary N) is 2. The Kier molecular flexibility index (Phi) is 4.30. The van der Waals surface area contributed by atoms with Gasteiger partial charge in [-0.3, -0.25) is 9.48 Å². The van der Waals surface area contributed by atoms with E-state index < -0.39 is 22.0 Å². The lowest BCUT2D eigenvalue weighted by molar-refractivity contribution is -0.122. The summed E-state index contributed by atoms with van der Waals surface area (Å²) in [6, 6.07) is -0.880. The highest BCUT2D eigenvalue weighted by atomic mass is 32.2. The van der Waals surface area contributed by atoms with Gasteiger partial charge in [0.2, 0.25) is 15.9 Å². The lowest BCUT2D eigenvalue weighted by atomic mass is 10.3. The van der Waals surface area contributed by atoms with E-state index in [9.17, 15) is 13.2 Å². The number of sulfonamides is 1. The molecule has 0 saturated carbocycles. The van der Waals surface area contributed by atoms with Gasteiger partial charge in [-0.05, 0) is 13.8 Å². The zero-order valence-electron chi connectivity index (χ0n) is 10.5. The van der Waals surface area contributed by atoms with Crippen molar-refractivity contribution in [3.63, 3.8) is 0 Å². The fraction of sp³-hybridized carbons (Fsp3) is 0.556. The maximum absolute atomic E-state index is 12.0. The van der Waals surface area contributed by atoms with E-state index in [0.717, 1.165) is 0 Å². The molecular weight excluding hydrogens is 258 g/mol. The first kappa shape index (κ1) is 14.5. The number of carbonyl (C=O) groups is 1.